The number of carbonyl (C=O) groups is 1. The van der Waals surface area contributed by atoms with Crippen molar-refractivity contribution in [1.82, 2.24) is 9.97 Å². The van der Waals surface area contributed by atoms with Crippen LogP contribution in [0.3, 0.4) is 0 Å². The van der Waals surface area contributed by atoms with Crippen molar-refractivity contribution >= 4 is 17.6 Å². The quantitative estimate of drug-likeness (QED) is 0.795. The molecule has 29 heavy (non-hydrogen) atoms. The largest absolute Gasteiger partial charge is 0.480 e. The van der Waals surface area contributed by atoms with Crippen molar-refractivity contribution in [3.8, 4) is 5.88 Å². The first-order chi connectivity index (χ1) is 13.9. The van der Waals surface area contributed by atoms with E-state index in [-0.39, 0.29) is 30.5 Å². The van der Waals surface area contributed by atoms with Gasteiger partial charge < -0.3 is 25.3 Å². The van der Waals surface area contributed by atoms with Crippen LogP contribution in [0.2, 0.25) is 0 Å². The van der Waals surface area contributed by atoms with Gasteiger partial charge in [0.2, 0.25) is 5.88 Å². The average molecular weight is 401 g/mol. The highest BCUT2D eigenvalue weighted by molar-refractivity contribution is 6.02. The van der Waals surface area contributed by atoms with E-state index in [1.807, 2.05) is 6.92 Å². The zero-order valence-electron chi connectivity index (χ0n) is 15.9. The molecule has 0 spiro atoms. The van der Waals surface area contributed by atoms with E-state index in [1.165, 1.54) is 31.6 Å². The van der Waals surface area contributed by atoms with Crippen LogP contribution in [0, 0.1) is 11.2 Å². The summed E-state index contributed by atoms with van der Waals surface area (Å²) in [6.45, 7) is 2.67. The number of amides is 1. The summed E-state index contributed by atoms with van der Waals surface area (Å²) in [6.07, 6.45) is 2.63. The van der Waals surface area contributed by atoms with Gasteiger partial charge in [-0.1, -0.05) is 6.92 Å². The Bertz CT molecular complexity index is 983. The Morgan fingerprint density at radius 1 is 1.28 bits per heavy atom. The van der Waals surface area contributed by atoms with E-state index in [4.69, 9.17) is 19.9 Å². The molecule has 1 saturated heterocycles. The second kappa shape index (κ2) is 6.96. The first kappa shape index (κ1) is 19.1. The van der Waals surface area contributed by atoms with E-state index in [2.05, 4.69) is 20.3 Å². The molecule has 2 aliphatic rings. The lowest BCUT2D eigenvalue weighted by molar-refractivity contribution is 0.0665. The molecule has 152 valence electrons. The van der Waals surface area contributed by atoms with Gasteiger partial charge in [0, 0.05) is 11.3 Å². The van der Waals surface area contributed by atoms with E-state index in [9.17, 15) is 9.18 Å². The summed E-state index contributed by atoms with van der Waals surface area (Å²) in [4.78, 5) is 24.9. The standard InChI is InChI=1S/C19H20FN5O4/c1-18-8-28-10-19(18,25-17(21)29-9-18)12-5-11(3-4-13(12)20)24-16(26)14-6-23-15(27-2)7-22-14/h3-7H,8-10H2,1-2H3,(H2,21,25)(H,24,26)/t18-,19+/m0/s1. The molecule has 1 fully saturated rings. The molecule has 1 amide bonds. The number of hydrogen-bond acceptors (Lipinski definition) is 8. The first-order valence-electron chi connectivity index (χ1n) is 8.90. The molecule has 0 saturated carbocycles. The highest BCUT2D eigenvalue weighted by Crippen LogP contribution is 2.51. The van der Waals surface area contributed by atoms with Crippen molar-refractivity contribution in [2.45, 2.75) is 12.5 Å². The van der Waals surface area contributed by atoms with Gasteiger partial charge in [-0.3, -0.25) is 4.79 Å². The zero-order valence-corrected chi connectivity index (χ0v) is 15.9. The summed E-state index contributed by atoms with van der Waals surface area (Å²) in [5.74, 6) is -0.668. The van der Waals surface area contributed by atoms with Crippen LogP contribution < -0.4 is 15.8 Å². The molecule has 1 aromatic heterocycles. The minimum atomic E-state index is -1.04. The number of fused-ring (bicyclic) bond motifs is 1. The highest BCUT2D eigenvalue weighted by atomic mass is 19.1. The summed E-state index contributed by atoms with van der Waals surface area (Å²) in [6, 6.07) is 4.26. The van der Waals surface area contributed by atoms with Crippen LogP contribution in [0.4, 0.5) is 10.1 Å². The zero-order chi connectivity index (χ0) is 20.6. The van der Waals surface area contributed by atoms with E-state index in [0.717, 1.165) is 0 Å². The van der Waals surface area contributed by atoms with Crippen LogP contribution in [-0.4, -0.2) is 48.8 Å². The van der Waals surface area contributed by atoms with E-state index < -0.39 is 22.7 Å². The predicted molar refractivity (Wildman–Crippen MR) is 101 cm³/mol. The van der Waals surface area contributed by atoms with Crippen molar-refractivity contribution in [2.75, 3.05) is 32.2 Å². The van der Waals surface area contributed by atoms with Gasteiger partial charge in [0.1, 0.15) is 23.7 Å². The van der Waals surface area contributed by atoms with E-state index in [1.54, 1.807) is 6.07 Å². The third kappa shape index (κ3) is 3.15. The van der Waals surface area contributed by atoms with Crippen LogP contribution in [0.25, 0.3) is 0 Å². The molecule has 0 radical (unpaired) electrons. The predicted octanol–water partition coefficient (Wildman–Crippen LogP) is 1.45. The third-order valence-corrected chi connectivity index (χ3v) is 5.31. The maximum Gasteiger partial charge on any atom is 0.282 e. The monoisotopic (exact) mass is 401 g/mol. The van der Waals surface area contributed by atoms with Crippen LogP contribution in [0.5, 0.6) is 5.88 Å². The second-order valence-corrected chi connectivity index (χ2v) is 7.25. The molecule has 2 aromatic rings. The minimum Gasteiger partial charge on any atom is -0.480 e. The summed E-state index contributed by atoms with van der Waals surface area (Å²) < 4.78 is 30.8. The van der Waals surface area contributed by atoms with Crippen LogP contribution >= 0.6 is 0 Å². The van der Waals surface area contributed by atoms with Gasteiger partial charge in [-0.25, -0.2) is 19.4 Å². The number of aromatic nitrogens is 2. The number of nitrogens with zero attached hydrogens (tertiary/aromatic N) is 3. The van der Waals surface area contributed by atoms with Gasteiger partial charge in [-0.15, -0.1) is 0 Å². The fourth-order valence-electron chi connectivity index (χ4n) is 3.62. The number of aliphatic imine (C=N–C) groups is 1. The van der Waals surface area contributed by atoms with Crippen molar-refractivity contribution in [3.05, 3.63) is 47.7 Å². The van der Waals surface area contributed by atoms with Crippen LogP contribution in [0.15, 0.2) is 35.6 Å². The number of hydrogen-bond donors (Lipinski definition) is 2. The average Bonchev–Trinajstić information content (AvgIpc) is 3.06. The Balaban J connectivity index is 1.67. The molecular formula is C19H20FN5O4. The summed E-state index contributed by atoms with van der Waals surface area (Å²) in [5, 5.41) is 2.70. The molecule has 2 aliphatic heterocycles. The number of ether oxygens (including phenoxy) is 3. The number of methoxy groups -OCH3 is 1. The number of nitrogens with one attached hydrogen (secondary N) is 1. The van der Waals surface area contributed by atoms with Crippen LogP contribution in [-0.2, 0) is 15.0 Å². The molecule has 2 atom stereocenters. The molecule has 0 bridgehead atoms. The Morgan fingerprint density at radius 3 is 2.83 bits per heavy atom. The number of rotatable bonds is 4. The van der Waals surface area contributed by atoms with Gasteiger partial charge in [-0.05, 0) is 18.2 Å². The SMILES string of the molecule is COc1cnc(C(=O)Nc2ccc(F)c([C@]34COC[C@@]3(C)COC(N)=N4)c2)cn1. The Kier molecular flexibility index (Phi) is 4.58. The highest BCUT2D eigenvalue weighted by Gasteiger charge is 2.58. The Morgan fingerprint density at radius 2 is 2.10 bits per heavy atom. The lowest BCUT2D eigenvalue weighted by atomic mass is 9.69. The first-order valence-corrected chi connectivity index (χ1v) is 8.90. The third-order valence-electron chi connectivity index (χ3n) is 5.31. The number of amidine groups is 1. The molecule has 9 nitrogen and oxygen atoms in total. The van der Waals surface area contributed by atoms with Gasteiger partial charge in [-0.2, -0.15) is 0 Å². The number of anilines is 1. The Labute approximate surface area is 166 Å². The molecule has 1 aromatic carbocycles. The number of carbonyl (C=O) groups excluding carboxylic acids is 1. The van der Waals surface area contributed by atoms with Crippen molar-refractivity contribution < 1.29 is 23.4 Å². The van der Waals surface area contributed by atoms with Gasteiger partial charge in [0.15, 0.2) is 0 Å². The van der Waals surface area contributed by atoms with Crippen molar-refractivity contribution in [3.63, 3.8) is 0 Å². The molecule has 10 heteroatoms. The number of nitrogens with two attached hydrogens (primary N) is 1. The molecule has 0 unspecified atom stereocenters. The van der Waals surface area contributed by atoms with Crippen LogP contribution in [0.1, 0.15) is 23.0 Å². The molecule has 0 aliphatic carbocycles. The van der Waals surface area contributed by atoms with Gasteiger partial charge in [0.25, 0.3) is 11.9 Å². The number of halogens is 1. The smallest absolute Gasteiger partial charge is 0.282 e. The summed E-state index contributed by atoms with van der Waals surface area (Å²) in [5.41, 5.74) is 4.91. The lowest BCUT2D eigenvalue weighted by Gasteiger charge is -2.42. The molecule has 4 rings (SSSR count). The Hall–Kier alpha value is -3.27. The van der Waals surface area contributed by atoms with E-state index in [0.29, 0.717) is 18.2 Å². The molecular weight excluding hydrogens is 381 g/mol. The number of benzene rings is 1. The fraction of sp³-hybridized carbons (Fsp3) is 0.368. The maximum absolute atomic E-state index is 14.9. The van der Waals surface area contributed by atoms with Gasteiger partial charge >= 0.3 is 0 Å². The van der Waals surface area contributed by atoms with Gasteiger partial charge in [0.05, 0.1) is 38.1 Å². The lowest BCUT2D eigenvalue weighted by Crippen LogP contribution is -2.50. The molecule has 3 N–H and O–H groups in total. The topological polar surface area (TPSA) is 121 Å². The van der Waals surface area contributed by atoms with E-state index >= 15 is 0 Å². The maximum atomic E-state index is 14.9. The molecule has 3 heterocycles. The van der Waals surface area contributed by atoms with Crippen molar-refractivity contribution in [2.24, 2.45) is 16.1 Å². The van der Waals surface area contributed by atoms with Crippen molar-refractivity contribution in [1.29, 1.82) is 0 Å². The fourth-order valence-corrected chi connectivity index (χ4v) is 3.62. The minimum absolute atomic E-state index is 0.0182. The normalized spacial score (nSPS) is 25.6. The second-order valence-electron chi connectivity index (χ2n) is 7.25. The summed E-state index contributed by atoms with van der Waals surface area (Å²) >= 11 is 0. The summed E-state index contributed by atoms with van der Waals surface area (Å²) in [7, 11) is 1.45.